The summed E-state index contributed by atoms with van der Waals surface area (Å²) in [5.74, 6) is -0.181. The summed E-state index contributed by atoms with van der Waals surface area (Å²) in [6.45, 7) is 5.30. The second-order valence-corrected chi connectivity index (χ2v) is 10.7. The molecular formula is C25H34ClN3O5S. The molecule has 0 aliphatic rings. The standard InChI is InChI=1S/C25H34ClN3O5S/c1-6-18(3)27-25(31)23(7-2)28(16-19-10-8-13-22(14-19)34-4)24(30)17-29(35(5,32)33)21-12-9-11-20(26)15-21/h8-15,18,23H,6-7,16-17H2,1-5H3,(H,27,31). The van der Waals surface area contributed by atoms with Crippen LogP contribution in [0.25, 0.3) is 0 Å². The molecule has 2 unspecified atom stereocenters. The van der Waals surface area contributed by atoms with Crippen molar-refractivity contribution < 1.29 is 22.7 Å². The van der Waals surface area contributed by atoms with Gasteiger partial charge in [-0.15, -0.1) is 0 Å². The molecule has 0 fully saturated rings. The first-order valence-corrected chi connectivity index (χ1v) is 13.7. The van der Waals surface area contributed by atoms with Gasteiger partial charge in [-0.2, -0.15) is 0 Å². The van der Waals surface area contributed by atoms with Crippen LogP contribution >= 0.6 is 11.6 Å². The van der Waals surface area contributed by atoms with Crippen molar-refractivity contribution in [2.45, 2.75) is 52.2 Å². The number of nitrogens with zero attached hydrogens (tertiary/aromatic N) is 2. The molecule has 8 nitrogen and oxygen atoms in total. The van der Waals surface area contributed by atoms with Crippen LogP contribution in [0.15, 0.2) is 48.5 Å². The number of carbonyl (C=O) groups excluding carboxylic acids is 2. The Morgan fingerprint density at radius 3 is 2.34 bits per heavy atom. The minimum absolute atomic E-state index is 0.0655. The van der Waals surface area contributed by atoms with Gasteiger partial charge in [-0.05, 0) is 55.7 Å². The number of ether oxygens (including phenoxy) is 1. The molecule has 2 rings (SSSR count). The maximum absolute atomic E-state index is 13.7. The number of benzene rings is 2. The fourth-order valence-corrected chi connectivity index (χ4v) is 4.60. The van der Waals surface area contributed by atoms with Crippen LogP contribution in [-0.4, -0.2) is 57.1 Å². The number of sulfonamides is 1. The topological polar surface area (TPSA) is 96.0 Å². The number of anilines is 1. The highest BCUT2D eigenvalue weighted by molar-refractivity contribution is 7.92. The summed E-state index contributed by atoms with van der Waals surface area (Å²) in [6.07, 6.45) is 2.12. The largest absolute Gasteiger partial charge is 0.497 e. The van der Waals surface area contributed by atoms with E-state index in [0.29, 0.717) is 17.2 Å². The average Bonchev–Trinajstić information content (AvgIpc) is 2.81. The summed E-state index contributed by atoms with van der Waals surface area (Å²) in [6, 6.07) is 12.6. The fraction of sp³-hybridized carbons (Fsp3) is 0.440. The van der Waals surface area contributed by atoms with E-state index in [9.17, 15) is 18.0 Å². The first-order chi connectivity index (χ1) is 16.5. The van der Waals surface area contributed by atoms with Gasteiger partial charge in [0.05, 0.1) is 19.1 Å². The van der Waals surface area contributed by atoms with Gasteiger partial charge in [0.2, 0.25) is 21.8 Å². The normalized spacial score (nSPS) is 13.0. The Morgan fingerprint density at radius 1 is 1.09 bits per heavy atom. The van der Waals surface area contributed by atoms with Crippen molar-refractivity contribution in [2.24, 2.45) is 0 Å². The van der Waals surface area contributed by atoms with Gasteiger partial charge in [-0.25, -0.2) is 8.42 Å². The molecule has 10 heteroatoms. The van der Waals surface area contributed by atoms with E-state index in [1.807, 2.05) is 26.8 Å². The summed E-state index contributed by atoms with van der Waals surface area (Å²) < 4.78 is 31.5. The van der Waals surface area contributed by atoms with Crippen LogP contribution in [0.1, 0.15) is 39.2 Å². The zero-order valence-electron chi connectivity index (χ0n) is 20.8. The number of rotatable bonds is 12. The van der Waals surface area contributed by atoms with Crippen molar-refractivity contribution in [1.29, 1.82) is 0 Å². The van der Waals surface area contributed by atoms with E-state index in [1.165, 1.54) is 11.0 Å². The van der Waals surface area contributed by atoms with Crippen LogP contribution in [0.5, 0.6) is 5.75 Å². The third kappa shape index (κ3) is 8.14. The van der Waals surface area contributed by atoms with E-state index in [1.54, 1.807) is 43.5 Å². The maximum atomic E-state index is 13.7. The molecule has 2 aromatic carbocycles. The molecule has 0 aromatic heterocycles. The van der Waals surface area contributed by atoms with Gasteiger partial charge in [-0.1, -0.05) is 43.6 Å². The third-order valence-electron chi connectivity index (χ3n) is 5.65. The quantitative estimate of drug-likeness (QED) is 0.456. The number of halogens is 1. The number of amides is 2. The van der Waals surface area contributed by atoms with Crippen molar-refractivity contribution in [3.05, 3.63) is 59.1 Å². The van der Waals surface area contributed by atoms with Crippen molar-refractivity contribution in [3.8, 4) is 5.75 Å². The van der Waals surface area contributed by atoms with E-state index in [-0.39, 0.29) is 24.2 Å². The van der Waals surface area contributed by atoms with E-state index in [0.717, 1.165) is 22.5 Å². The summed E-state index contributed by atoms with van der Waals surface area (Å²) in [5, 5.41) is 3.28. The highest BCUT2D eigenvalue weighted by Crippen LogP contribution is 2.23. The molecular weight excluding hydrogens is 490 g/mol. The predicted octanol–water partition coefficient (Wildman–Crippen LogP) is 3.84. The molecule has 1 N–H and O–H groups in total. The molecule has 0 heterocycles. The molecule has 0 aliphatic carbocycles. The molecule has 35 heavy (non-hydrogen) atoms. The van der Waals surface area contributed by atoms with E-state index < -0.39 is 28.5 Å². The Kier molecular flexibility index (Phi) is 10.4. The molecule has 0 radical (unpaired) electrons. The minimum Gasteiger partial charge on any atom is -0.497 e. The Balaban J connectivity index is 2.45. The van der Waals surface area contributed by atoms with Crippen molar-refractivity contribution in [2.75, 3.05) is 24.2 Å². The number of methoxy groups -OCH3 is 1. The van der Waals surface area contributed by atoms with Gasteiger partial charge in [0.15, 0.2) is 0 Å². The monoisotopic (exact) mass is 523 g/mol. The Hall–Kier alpha value is -2.78. The first kappa shape index (κ1) is 28.5. The number of nitrogens with one attached hydrogen (secondary N) is 1. The van der Waals surface area contributed by atoms with Gasteiger partial charge in [0.1, 0.15) is 18.3 Å². The number of hydrogen-bond acceptors (Lipinski definition) is 5. The van der Waals surface area contributed by atoms with Crippen LogP contribution in [0.2, 0.25) is 5.02 Å². The molecule has 0 saturated heterocycles. The zero-order valence-corrected chi connectivity index (χ0v) is 22.4. The lowest BCUT2D eigenvalue weighted by Gasteiger charge is -2.33. The Morgan fingerprint density at radius 2 is 1.77 bits per heavy atom. The van der Waals surface area contributed by atoms with Crippen LogP contribution in [0, 0.1) is 0 Å². The fourth-order valence-electron chi connectivity index (χ4n) is 3.57. The third-order valence-corrected chi connectivity index (χ3v) is 7.03. The SMILES string of the molecule is CCC(C)NC(=O)C(CC)N(Cc1cccc(OC)c1)C(=O)CN(c1cccc(Cl)c1)S(C)(=O)=O. The van der Waals surface area contributed by atoms with Crippen LogP contribution in [0.3, 0.4) is 0 Å². The smallest absolute Gasteiger partial charge is 0.244 e. The lowest BCUT2D eigenvalue weighted by molar-refractivity contribution is -0.140. The van der Waals surface area contributed by atoms with E-state index >= 15 is 0 Å². The summed E-state index contributed by atoms with van der Waals surface area (Å²) in [4.78, 5) is 28.2. The highest BCUT2D eigenvalue weighted by Gasteiger charge is 2.32. The van der Waals surface area contributed by atoms with Gasteiger partial charge in [-0.3, -0.25) is 13.9 Å². The highest BCUT2D eigenvalue weighted by atomic mass is 35.5. The molecule has 192 valence electrons. The summed E-state index contributed by atoms with van der Waals surface area (Å²) >= 11 is 6.07. The Bertz CT molecular complexity index is 1130. The number of carbonyl (C=O) groups is 2. The van der Waals surface area contributed by atoms with Crippen molar-refractivity contribution >= 4 is 39.1 Å². The average molecular weight is 524 g/mol. The second-order valence-electron chi connectivity index (χ2n) is 8.36. The molecule has 2 atom stereocenters. The van der Waals surface area contributed by atoms with Gasteiger partial charge < -0.3 is 15.0 Å². The number of hydrogen-bond donors (Lipinski definition) is 1. The van der Waals surface area contributed by atoms with Crippen LogP contribution in [0.4, 0.5) is 5.69 Å². The molecule has 2 amide bonds. The van der Waals surface area contributed by atoms with Crippen LogP contribution < -0.4 is 14.4 Å². The predicted molar refractivity (Wildman–Crippen MR) is 139 cm³/mol. The van der Waals surface area contributed by atoms with Gasteiger partial charge in [0.25, 0.3) is 0 Å². The van der Waals surface area contributed by atoms with E-state index in [4.69, 9.17) is 16.3 Å². The van der Waals surface area contributed by atoms with E-state index in [2.05, 4.69) is 5.32 Å². The molecule has 0 aliphatic heterocycles. The van der Waals surface area contributed by atoms with Gasteiger partial charge in [0, 0.05) is 17.6 Å². The summed E-state index contributed by atoms with van der Waals surface area (Å²) in [7, 11) is -2.27. The lowest BCUT2D eigenvalue weighted by Crippen LogP contribution is -2.53. The van der Waals surface area contributed by atoms with Crippen molar-refractivity contribution in [3.63, 3.8) is 0 Å². The van der Waals surface area contributed by atoms with Crippen molar-refractivity contribution in [1.82, 2.24) is 10.2 Å². The zero-order chi connectivity index (χ0) is 26.2. The van der Waals surface area contributed by atoms with Gasteiger partial charge >= 0.3 is 0 Å². The Labute approximate surface area is 213 Å². The second kappa shape index (κ2) is 12.8. The molecule has 0 spiro atoms. The molecule has 0 bridgehead atoms. The minimum atomic E-state index is -3.82. The molecule has 0 saturated carbocycles. The van der Waals surface area contributed by atoms with Crippen LogP contribution in [-0.2, 0) is 26.2 Å². The first-order valence-electron chi connectivity index (χ1n) is 11.5. The lowest BCUT2D eigenvalue weighted by atomic mass is 10.1. The molecule has 2 aromatic rings. The maximum Gasteiger partial charge on any atom is 0.244 e. The summed E-state index contributed by atoms with van der Waals surface area (Å²) in [5.41, 5.74) is 1.02.